The minimum Gasteiger partial charge on any atom is -0.345 e. The number of hydrogen-bond acceptors (Lipinski definition) is 3. The van der Waals surface area contributed by atoms with Gasteiger partial charge in [0.05, 0.1) is 10.9 Å². The summed E-state index contributed by atoms with van der Waals surface area (Å²) in [6.45, 7) is 10.2. The molecule has 1 unspecified atom stereocenters. The van der Waals surface area contributed by atoms with Crippen LogP contribution in [0.5, 0.6) is 0 Å². The second-order valence-electron chi connectivity index (χ2n) is 6.91. The third-order valence-corrected chi connectivity index (χ3v) is 7.04. The summed E-state index contributed by atoms with van der Waals surface area (Å²) in [7, 11) is -3.61. The summed E-state index contributed by atoms with van der Waals surface area (Å²) in [5, 5.41) is 3.05. The fourth-order valence-electron chi connectivity index (χ4n) is 3.17. The summed E-state index contributed by atoms with van der Waals surface area (Å²) in [5.74, 6) is -0.262. The molecular weight excluding hydrogens is 372 g/mol. The number of aryl methyl sites for hydroxylation is 2. The van der Waals surface area contributed by atoms with Crippen LogP contribution in [0.15, 0.2) is 47.4 Å². The molecule has 0 saturated heterocycles. The lowest BCUT2D eigenvalue weighted by Gasteiger charge is -2.21. The van der Waals surface area contributed by atoms with Crippen LogP contribution in [0.4, 0.5) is 0 Å². The standard InChI is InChI=1S/C22H30N2O3S/c1-6-21(18-12-9-16(4)10-13-18)23-22(25)20-15-19(14-11-17(20)5)28(26,27)24(7-2)8-3/h9-15,21H,6-8H2,1-5H3,(H,23,25). The highest BCUT2D eigenvalue weighted by Crippen LogP contribution is 2.22. The van der Waals surface area contributed by atoms with E-state index in [0.717, 1.165) is 23.1 Å². The van der Waals surface area contributed by atoms with E-state index >= 15 is 0 Å². The van der Waals surface area contributed by atoms with Gasteiger partial charge in [0, 0.05) is 18.7 Å². The average Bonchev–Trinajstić information content (AvgIpc) is 2.67. The fourth-order valence-corrected chi connectivity index (χ4v) is 4.66. The molecule has 1 amide bonds. The van der Waals surface area contributed by atoms with E-state index in [0.29, 0.717) is 18.7 Å². The lowest BCUT2D eigenvalue weighted by molar-refractivity contribution is 0.0934. The van der Waals surface area contributed by atoms with Gasteiger partial charge in [-0.15, -0.1) is 0 Å². The zero-order valence-electron chi connectivity index (χ0n) is 17.3. The van der Waals surface area contributed by atoms with Crippen LogP contribution in [0.1, 0.15) is 60.3 Å². The largest absolute Gasteiger partial charge is 0.345 e. The van der Waals surface area contributed by atoms with E-state index in [-0.39, 0.29) is 16.8 Å². The molecule has 0 aliphatic rings. The zero-order chi connectivity index (χ0) is 20.9. The molecule has 0 heterocycles. The number of nitrogens with zero attached hydrogens (tertiary/aromatic N) is 1. The maximum absolute atomic E-state index is 12.9. The monoisotopic (exact) mass is 402 g/mol. The van der Waals surface area contributed by atoms with E-state index in [1.54, 1.807) is 26.0 Å². The molecule has 0 aromatic heterocycles. The molecule has 6 heteroatoms. The smallest absolute Gasteiger partial charge is 0.252 e. The van der Waals surface area contributed by atoms with Crippen LogP contribution in [-0.2, 0) is 10.0 Å². The minimum atomic E-state index is -3.61. The van der Waals surface area contributed by atoms with Crippen molar-refractivity contribution in [2.75, 3.05) is 13.1 Å². The molecular formula is C22H30N2O3S. The Morgan fingerprint density at radius 1 is 1.00 bits per heavy atom. The highest BCUT2D eigenvalue weighted by Gasteiger charge is 2.24. The average molecular weight is 403 g/mol. The Labute approximate surface area is 168 Å². The predicted molar refractivity (Wildman–Crippen MR) is 113 cm³/mol. The molecule has 2 aromatic rings. The van der Waals surface area contributed by atoms with Gasteiger partial charge in [-0.3, -0.25) is 4.79 Å². The van der Waals surface area contributed by atoms with Gasteiger partial charge in [-0.05, 0) is 43.5 Å². The van der Waals surface area contributed by atoms with E-state index < -0.39 is 10.0 Å². The predicted octanol–water partition coefficient (Wildman–Crippen LogP) is 4.22. The van der Waals surface area contributed by atoms with Crippen LogP contribution in [0.3, 0.4) is 0 Å². The lowest BCUT2D eigenvalue weighted by Crippen LogP contribution is -2.31. The number of benzene rings is 2. The van der Waals surface area contributed by atoms with E-state index in [4.69, 9.17) is 0 Å². The second kappa shape index (κ2) is 9.34. The molecule has 2 rings (SSSR count). The Morgan fingerprint density at radius 2 is 1.61 bits per heavy atom. The quantitative estimate of drug-likeness (QED) is 0.719. The van der Waals surface area contributed by atoms with Crippen LogP contribution >= 0.6 is 0 Å². The van der Waals surface area contributed by atoms with Crippen LogP contribution in [-0.4, -0.2) is 31.7 Å². The number of carbonyl (C=O) groups excluding carboxylic acids is 1. The Balaban J connectivity index is 2.33. The number of carbonyl (C=O) groups is 1. The van der Waals surface area contributed by atoms with E-state index in [1.165, 1.54) is 10.4 Å². The summed E-state index contributed by atoms with van der Waals surface area (Å²) in [6.07, 6.45) is 0.741. The molecule has 0 bridgehead atoms. The van der Waals surface area contributed by atoms with Crippen molar-refractivity contribution < 1.29 is 13.2 Å². The van der Waals surface area contributed by atoms with Gasteiger partial charge < -0.3 is 5.32 Å². The summed E-state index contributed by atoms with van der Waals surface area (Å²) < 4.78 is 27.0. The number of hydrogen-bond donors (Lipinski definition) is 1. The molecule has 1 atom stereocenters. The van der Waals surface area contributed by atoms with Crippen molar-refractivity contribution in [3.8, 4) is 0 Å². The molecule has 0 spiro atoms. The lowest BCUT2D eigenvalue weighted by atomic mass is 10.0. The van der Waals surface area contributed by atoms with Crippen LogP contribution in [0.2, 0.25) is 0 Å². The van der Waals surface area contributed by atoms with Crippen molar-refractivity contribution in [2.24, 2.45) is 0 Å². The normalized spacial score (nSPS) is 12.8. The summed E-state index contributed by atoms with van der Waals surface area (Å²) in [4.78, 5) is 13.1. The molecule has 0 saturated carbocycles. The van der Waals surface area contributed by atoms with Crippen molar-refractivity contribution >= 4 is 15.9 Å². The first-order valence-electron chi connectivity index (χ1n) is 9.72. The van der Waals surface area contributed by atoms with Gasteiger partial charge in [0.15, 0.2) is 0 Å². The van der Waals surface area contributed by atoms with Gasteiger partial charge in [0.25, 0.3) is 5.91 Å². The summed E-state index contributed by atoms with van der Waals surface area (Å²) >= 11 is 0. The Bertz CT molecular complexity index is 917. The van der Waals surface area contributed by atoms with Crippen molar-refractivity contribution in [1.82, 2.24) is 9.62 Å². The van der Waals surface area contributed by atoms with Gasteiger partial charge in [-0.2, -0.15) is 4.31 Å². The molecule has 2 aromatic carbocycles. The Hall–Kier alpha value is -2.18. The molecule has 152 valence electrons. The Morgan fingerprint density at radius 3 is 2.14 bits per heavy atom. The van der Waals surface area contributed by atoms with E-state index in [2.05, 4.69) is 5.32 Å². The molecule has 0 radical (unpaired) electrons. The number of amides is 1. The maximum Gasteiger partial charge on any atom is 0.252 e. The van der Waals surface area contributed by atoms with Crippen molar-refractivity contribution in [1.29, 1.82) is 0 Å². The van der Waals surface area contributed by atoms with Crippen molar-refractivity contribution in [2.45, 2.75) is 52.0 Å². The van der Waals surface area contributed by atoms with Gasteiger partial charge in [0.2, 0.25) is 10.0 Å². The van der Waals surface area contributed by atoms with Crippen molar-refractivity contribution in [3.05, 3.63) is 64.7 Å². The molecule has 1 N–H and O–H groups in total. The molecule has 0 fully saturated rings. The van der Waals surface area contributed by atoms with Gasteiger partial charge in [-0.1, -0.05) is 56.7 Å². The summed E-state index contributed by atoms with van der Waals surface area (Å²) in [6, 6.07) is 12.7. The first-order chi connectivity index (χ1) is 13.2. The van der Waals surface area contributed by atoms with Crippen LogP contribution in [0.25, 0.3) is 0 Å². The van der Waals surface area contributed by atoms with Gasteiger partial charge in [0.1, 0.15) is 0 Å². The SMILES string of the molecule is CCC(NC(=O)c1cc(S(=O)(=O)N(CC)CC)ccc1C)c1ccc(C)cc1. The zero-order valence-corrected chi connectivity index (χ0v) is 18.1. The van der Waals surface area contributed by atoms with Crippen molar-refractivity contribution in [3.63, 3.8) is 0 Å². The van der Waals surface area contributed by atoms with E-state index in [1.807, 2.05) is 45.0 Å². The van der Waals surface area contributed by atoms with Crippen LogP contribution in [0, 0.1) is 13.8 Å². The molecule has 5 nitrogen and oxygen atoms in total. The molecule has 0 aliphatic carbocycles. The second-order valence-corrected chi connectivity index (χ2v) is 8.85. The van der Waals surface area contributed by atoms with Gasteiger partial charge in [-0.25, -0.2) is 8.42 Å². The first-order valence-corrected chi connectivity index (χ1v) is 11.2. The third kappa shape index (κ3) is 4.80. The molecule has 28 heavy (non-hydrogen) atoms. The van der Waals surface area contributed by atoms with Crippen LogP contribution < -0.4 is 5.32 Å². The number of sulfonamides is 1. The minimum absolute atomic E-state index is 0.129. The first kappa shape index (κ1) is 22.1. The van der Waals surface area contributed by atoms with E-state index in [9.17, 15) is 13.2 Å². The number of nitrogens with one attached hydrogen (secondary N) is 1. The highest BCUT2D eigenvalue weighted by atomic mass is 32.2. The summed E-state index contributed by atoms with van der Waals surface area (Å²) in [5.41, 5.74) is 3.33. The fraction of sp³-hybridized carbons (Fsp3) is 0.409. The maximum atomic E-state index is 12.9. The third-order valence-electron chi connectivity index (χ3n) is 4.99. The topological polar surface area (TPSA) is 66.5 Å². The Kier molecular flexibility index (Phi) is 7.38. The highest BCUT2D eigenvalue weighted by molar-refractivity contribution is 7.89. The van der Waals surface area contributed by atoms with Gasteiger partial charge >= 0.3 is 0 Å². The number of rotatable bonds is 8. The molecule has 0 aliphatic heterocycles.